The first-order valence-corrected chi connectivity index (χ1v) is 15.6. The van der Waals surface area contributed by atoms with Crippen LogP contribution in [0.15, 0.2) is 54.9 Å². The molecule has 4 heterocycles. The number of likely N-dealkylation sites (tertiary alicyclic amines) is 1. The standard InChI is InChI=1S/C34H37F2N5O5/c1-33(2,3)46-31(43)39-27-21(20-8-4-11-24(35)26(20)36)12-13-25(28-22(27)9-5-16-37-28)45-32(44)41-18-7-14-34(15-19-41)23-10-6-17-38-29(23)40-30(34)42/h4-6,8-11,16-17,21,25,27H,7,12-15,18-19H2,1-3H3,(H,39,43)(H,38,40,42)/t21-,25+,27-,34?/m0/s1. The average Bonchev–Trinajstić information content (AvgIpc) is 3.14. The molecule has 1 fully saturated rings. The Bertz CT molecular complexity index is 1660. The Balaban J connectivity index is 1.27. The van der Waals surface area contributed by atoms with E-state index in [4.69, 9.17) is 9.47 Å². The van der Waals surface area contributed by atoms with Gasteiger partial charge in [-0.25, -0.2) is 23.4 Å². The van der Waals surface area contributed by atoms with Crippen LogP contribution in [0.5, 0.6) is 0 Å². The average molecular weight is 634 g/mol. The van der Waals surface area contributed by atoms with Crippen LogP contribution in [0, 0.1) is 11.6 Å². The molecule has 12 heteroatoms. The summed E-state index contributed by atoms with van der Waals surface area (Å²) < 4.78 is 41.3. The van der Waals surface area contributed by atoms with E-state index in [-0.39, 0.29) is 24.3 Å². The van der Waals surface area contributed by atoms with Crippen molar-refractivity contribution >= 4 is 23.9 Å². The number of hydrogen-bond donors (Lipinski definition) is 2. The summed E-state index contributed by atoms with van der Waals surface area (Å²) in [6, 6.07) is 10.2. The number of halogens is 2. The molecule has 1 saturated heterocycles. The number of pyridine rings is 2. The lowest BCUT2D eigenvalue weighted by atomic mass is 9.76. The second kappa shape index (κ2) is 12.3. The third kappa shape index (κ3) is 6.00. The highest BCUT2D eigenvalue weighted by Gasteiger charge is 2.48. The van der Waals surface area contributed by atoms with Crippen molar-refractivity contribution in [1.82, 2.24) is 20.2 Å². The molecule has 0 saturated carbocycles. The third-order valence-corrected chi connectivity index (χ3v) is 9.04. The molecule has 242 valence electrons. The number of hydrogen-bond acceptors (Lipinski definition) is 7. The van der Waals surface area contributed by atoms with E-state index in [0.29, 0.717) is 49.4 Å². The van der Waals surface area contributed by atoms with Crippen molar-refractivity contribution in [3.8, 4) is 0 Å². The molecule has 46 heavy (non-hydrogen) atoms. The number of ether oxygens (including phenoxy) is 2. The number of rotatable bonds is 3. The van der Waals surface area contributed by atoms with E-state index in [1.807, 2.05) is 12.1 Å². The smallest absolute Gasteiger partial charge is 0.410 e. The molecular weight excluding hydrogens is 596 g/mol. The molecule has 0 radical (unpaired) electrons. The molecule has 2 aliphatic heterocycles. The van der Waals surface area contributed by atoms with E-state index < -0.39 is 52.9 Å². The maximum atomic E-state index is 15.3. The number of fused-ring (bicyclic) bond motifs is 3. The molecule has 3 amide bonds. The van der Waals surface area contributed by atoms with E-state index in [1.54, 1.807) is 50.2 Å². The van der Waals surface area contributed by atoms with Crippen LogP contribution >= 0.6 is 0 Å². The third-order valence-electron chi connectivity index (χ3n) is 9.04. The first-order valence-electron chi connectivity index (χ1n) is 15.6. The minimum Gasteiger partial charge on any atom is -0.444 e. The first-order chi connectivity index (χ1) is 22.0. The predicted octanol–water partition coefficient (Wildman–Crippen LogP) is 6.45. The number of carbonyl (C=O) groups is 3. The Morgan fingerprint density at radius 1 is 1.00 bits per heavy atom. The van der Waals surface area contributed by atoms with Crippen LogP contribution in [0.25, 0.3) is 0 Å². The van der Waals surface area contributed by atoms with Crippen molar-refractivity contribution in [3.63, 3.8) is 0 Å². The van der Waals surface area contributed by atoms with Crippen LogP contribution in [0.3, 0.4) is 0 Å². The zero-order chi connectivity index (χ0) is 32.6. The number of aromatic nitrogens is 2. The molecule has 1 aliphatic carbocycles. The van der Waals surface area contributed by atoms with Crippen molar-refractivity contribution in [2.45, 2.75) is 82.0 Å². The highest BCUT2D eigenvalue weighted by molar-refractivity contribution is 6.05. The SMILES string of the molecule is CC(C)(C)OC(=O)N[C@@H]1c2cccnc2[C@H](OC(=O)N2CCCC3(CC2)C(=O)Nc2ncccc23)CC[C@H]1c1cccc(F)c1F. The molecule has 4 atom stereocenters. The Hall–Kier alpha value is -4.61. The second-order valence-corrected chi connectivity index (χ2v) is 13.1. The molecule has 1 aromatic carbocycles. The van der Waals surface area contributed by atoms with E-state index in [9.17, 15) is 18.8 Å². The minimum absolute atomic E-state index is 0.0882. The van der Waals surface area contributed by atoms with Crippen LogP contribution in [-0.4, -0.2) is 51.7 Å². The van der Waals surface area contributed by atoms with Gasteiger partial charge in [0.15, 0.2) is 11.6 Å². The highest BCUT2D eigenvalue weighted by Crippen LogP contribution is 2.46. The number of alkyl carbamates (subject to hydrolysis) is 1. The van der Waals surface area contributed by atoms with Gasteiger partial charge in [-0.1, -0.05) is 24.3 Å². The molecule has 3 aromatic rings. The van der Waals surface area contributed by atoms with Gasteiger partial charge in [0.25, 0.3) is 0 Å². The monoisotopic (exact) mass is 633 g/mol. The summed E-state index contributed by atoms with van der Waals surface area (Å²) in [5.41, 5.74) is 0.296. The van der Waals surface area contributed by atoms with Gasteiger partial charge in [0.2, 0.25) is 5.91 Å². The largest absolute Gasteiger partial charge is 0.444 e. The number of nitrogens with zero attached hydrogens (tertiary/aromatic N) is 3. The van der Waals surface area contributed by atoms with Gasteiger partial charge >= 0.3 is 12.2 Å². The zero-order valence-corrected chi connectivity index (χ0v) is 26.0. The summed E-state index contributed by atoms with van der Waals surface area (Å²) in [7, 11) is 0. The Morgan fingerprint density at radius 3 is 2.57 bits per heavy atom. The van der Waals surface area contributed by atoms with E-state index in [0.717, 1.165) is 11.6 Å². The number of amides is 3. The number of carbonyl (C=O) groups excluding carboxylic acids is 3. The molecular formula is C34H37F2N5O5. The summed E-state index contributed by atoms with van der Waals surface area (Å²) >= 11 is 0. The van der Waals surface area contributed by atoms with E-state index in [2.05, 4.69) is 20.6 Å². The van der Waals surface area contributed by atoms with Gasteiger partial charge in [0.05, 0.1) is 17.2 Å². The normalized spacial score (nSPS) is 24.2. The lowest BCUT2D eigenvalue weighted by Crippen LogP contribution is -2.38. The van der Waals surface area contributed by atoms with E-state index >= 15 is 4.39 Å². The fourth-order valence-electron chi connectivity index (χ4n) is 6.93. The summed E-state index contributed by atoms with van der Waals surface area (Å²) in [6.45, 7) is 5.88. The molecule has 3 aliphatic rings. The van der Waals surface area contributed by atoms with Gasteiger partial charge in [0.1, 0.15) is 17.5 Å². The maximum absolute atomic E-state index is 15.3. The second-order valence-electron chi connectivity index (χ2n) is 13.1. The van der Waals surface area contributed by atoms with Gasteiger partial charge < -0.3 is 25.0 Å². The number of benzene rings is 1. The van der Waals surface area contributed by atoms with Gasteiger partial charge in [0, 0.05) is 42.5 Å². The quantitative estimate of drug-likeness (QED) is 0.318. The fraction of sp³-hybridized carbons (Fsp3) is 0.441. The predicted molar refractivity (Wildman–Crippen MR) is 164 cm³/mol. The van der Waals surface area contributed by atoms with Gasteiger partial charge in [-0.15, -0.1) is 0 Å². The minimum atomic E-state index is -1.00. The van der Waals surface area contributed by atoms with Crippen molar-refractivity contribution in [2.75, 3.05) is 18.4 Å². The maximum Gasteiger partial charge on any atom is 0.410 e. The topological polar surface area (TPSA) is 123 Å². The molecule has 6 rings (SSSR count). The van der Waals surface area contributed by atoms with Crippen LogP contribution in [0.1, 0.15) is 93.3 Å². The van der Waals surface area contributed by atoms with Crippen molar-refractivity contribution in [3.05, 3.63) is 88.9 Å². The van der Waals surface area contributed by atoms with E-state index in [1.165, 1.54) is 12.1 Å². The lowest BCUT2D eigenvalue weighted by Gasteiger charge is -2.29. The highest BCUT2D eigenvalue weighted by atomic mass is 19.2. The molecule has 2 aromatic heterocycles. The Kier molecular flexibility index (Phi) is 8.39. The fourth-order valence-corrected chi connectivity index (χ4v) is 6.93. The summed E-state index contributed by atoms with van der Waals surface area (Å²) in [6.07, 6.45) is 3.12. The zero-order valence-electron chi connectivity index (χ0n) is 26.0. The van der Waals surface area contributed by atoms with Crippen LogP contribution in [0.2, 0.25) is 0 Å². The molecule has 0 bridgehead atoms. The Morgan fingerprint density at radius 2 is 1.76 bits per heavy atom. The number of nitrogens with one attached hydrogen (secondary N) is 2. The molecule has 1 spiro atoms. The van der Waals surface area contributed by atoms with Crippen molar-refractivity contribution in [1.29, 1.82) is 0 Å². The molecule has 10 nitrogen and oxygen atoms in total. The van der Waals surface area contributed by atoms with Crippen LogP contribution in [0.4, 0.5) is 24.2 Å². The van der Waals surface area contributed by atoms with Crippen molar-refractivity contribution < 1.29 is 32.6 Å². The van der Waals surface area contributed by atoms with Crippen molar-refractivity contribution in [2.24, 2.45) is 0 Å². The summed E-state index contributed by atoms with van der Waals surface area (Å²) in [5.74, 6) is -2.28. The van der Waals surface area contributed by atoms with Gasteiger partial charge in [-0.05, 0) is 76.6 Å². The first kappa shape index (κ1) is 31.4. The lowest BCUT2D eigenvalue weighted by molar-refractivity contribution is -0.121. The van der Waals surface area contributed by atoms with Crippen LogP contribution in [-0.2, 0) is 19.7 Å². The molecule has 1 unspecified atom stereocenters. The van der Waals surface area contributed by atoms with Gasteiger partial charge in [-0.2, -0.15) is 0 Å². The van der Waals surface area contributed by atoms with Gasteiger partial charge in [-0.3, -0.25) is 9.78 Å². The molecule has 2 N–H and O–H groups in total. The summed E-state index contributed by atoms with van der Waals surface area (Å²) in [4.78, 5) is 50.3. The number of anilines is 1. The summed E-state index contributed by atoms with van der Waals surface area (Å²) in [5, 5.41) is 5.75. The Labute approximate surface area is 265 Å². The van der Waals surface area contributed by atoms with Crippen LogP contribution < -0.4 is 10.6 Å².